The van der Waals surface area contributed by atoms with E-state index in [1.54, 1.807) is 0 Å². The van der Waals surface area contributed by atoms with Crippen LogP contribution in [0.15, 0.2) is 42.2 Å². The van der Waals surface area contributed by atoms with Crippen LogP contribution in [0.5, 0.6) is 0 Å². The maximum atomic E-state index is 5.23. The van der Waals surface area contributed by atoms with Crippen LogP contribution in [-0.2, 0) is 11.2 Å². The summed E-state index contributed by atoms with van der Waals surface area (Å²) in [5.74, 6) is 1.18. The zero-order chi connectivity index (χ0) is 8.93. The summed E-state index contributed by atoms with van der Waals surface area (Å²) in [5, 5.41) is 0. The molecule has 0 amide bonds. The number of ether oxygens (including phenoxy) is 1. The fourth-order valence-electron chi connectivity index (χ4n) is 1.43. The van der Waals surface area contributed by atoms with Crippen molar-refractivity contribution in [2.45, 2.75) is 19.3 Å². The molecule has 1 aliphatic rings. The monoisotopic (exact) mass is 174 g/mol. The van der Waals surface area contributed by atoms with E-state index in [9.17, 15) is 0 Å². The molecule has 0 spiro atoms. The second-order valence-electron chi connectivity index (χ2n) is 3.29. The molecule has 1 nitrogen and oxygen atoms in total. The number of hydrogen-bond donors (Lipinski definition) is 0. The van der Waals surface area contributed by atoms with Gasteiger partial charge in [0, 0.05) is 6.42 Å². The highest BCUT2D eigenvalue weighted by Crippen LogP contribution is 2.16. The van der Waals surface area contributed by atoms with Gasteiger partial charge in [-0.15, -0.1) is 0 Å². The normalized spacial score (nSPS) is 18.0. The Morgan fingerprint density at radius 3 is 2.62 bits per heavy atom. The number of allylic oxidation sites excluding steroid dienone is 1. The maximum absolute atomic E-state index is 5.23. The van der Waals surface area contributed by atoms with Crippen LogP contribution in [-0.4, -0.2) is 6.61 Å². The van der Waals surface area contributed by atoms with Gasteiger partial charge in [-0.3, -0.25) is 0 Å². The average molecular weight is 174 g/mol. The van der Waals surface area contributed by atoms with Crippen molar-refractivity contribution in [2.75, 3.05) is 6.61 Å². The standard InChI is InChI=1S/C12H14O/c1-2-5-11(6-3-1)7-4-8-12-9-10-13-12/h1-3,5-6,8H,4,7,9-10H2/b12-8-. The van der Waals surface area contributed by atoms with Gasteiger partial charge in [-0.2, -0.15) is 0 Å². The van der Waals surface area contributed by atoms with E-state index in [1.165, 1.54) is 11.3 Å². The minimum atomic E-state index is 0.914. The quantitative estimate of drug-likeness (QED) is 0.684. The molecule has 0 radical (unpaired) electrons. The lowest BCUT2D eigenvalue weighted by Gasteiger charge is -2.18. The third-order valence-electron chi connectivity index (χ3n) is 2.28. The molecule has 1 saturated heterocycles. The number of aryl methyl sites for hydroxylation is 1. The van der Waals surface area contributed by atoms with Gasteiger partial charge in [0.1, 0.15) is 0 Å². The molecule has 1 aromatic carbocycles. The van der Waals surface area contributed by atoms with E-state index in [2.05, 4.69) is 36.4 Å². The number of benzene rings is 1. The number of rotatable bonds is 3. The van der Waals surface area contributed by atoms with Gasteiger partial charge >= 0.3 is 0 Å². The smallest absolute Gasteiger partial charge is 0.0954 e. The Bertz CT molecular complexity index is 281. The van der Waals surface area contributed by atoms with Gasteiger partial charge in [0.2, 0.25) is 0 Å². The lowest BCUT2D eigenvalue weighted by Crippen LogP contribution is -2.08. The Labute approximate surface area is 79.0 Å². The highest BCUT2D eigenvalue weighted by atomic mass is 16.5. The van der Waals surface area contributed by atoms with E-state index in [0.717, 1.165) is 25.9 Å². The second-order valence-corrected chi connectivity index (χ2v) is 3.29. The Balaban J connectivity index is 1.79. The molecule has 0 N–H and O–H groups in total. The summed E-state index contributed by atoms with van der Waals surface area (Å²) in [5.41, 5.74) is 1.40. The minimum Gasteiger partial charge on any atom is -0.498 e. The van der Waals surface area contributed by atoms with E-state index < -0.39 is 0 Å². The van der Waals surface area contributed by atoms with E-state index in [4.69, 9.17) is 4.74 Å². The molecule has 1 aliphatic heterocycles. The molecule has 0 unspecified atom stereocenters. The van der Waals surface area contributed by atoms with Crippen molar-refractivity contribution in [1.29, 1.82) is 0 Å². The summed E-state index contributed by atoms with van der Waals surface area (Å²) in [7, 11) is 0. The Morgan fingerprint density at radius 2 is 2.00 bits per heavy atom. The van der Waals surface area contributed by atoms with Gasteiger partial charge in [-0.25, -0.2) is 0 Å². The van der Waals surface area contributed by atoms with Gasteiger partial charge in [-0.05, 0) is 24.5 Å². The van der Waals surface area contributed by atoms with Crippen molar-refractivity contribution < 1.29 is 4.74 Å². The van der Waals surface area contributed by atoms with Crippen LogP contribution in [0.2, 0.25) is 0 Å². The van der Waals surface area contributed by atoms with Crippen molar-refractivity contribution in [2.24, 2.45) is 0 Å². The largest absolute Gasteiger partial charge is 0.498 e. The van der Waals surface area contributed by atoms with Crippen LogP contribution in [0.25, 0.3) is 0 Å². The van der Waals surface area contributed by atoms with E-state index in [1.807, 2.05) is 0 Å². The Kier molecular flexibility index (Phi) is 2.65. The number of hydrogen-bond acceptors (Lipinski definition) is 1. The summed E-state index contributed by atoms with van der Waals surface area (Å²) in [6.45, 7) is 0.914. The zero-order valence-electron chi connectivity index (χ0n) is 7.70. The molecule has 68 valence electrons. The van der Waals surface area contributed by atoms with Crippen molar-refractivity contribution in [1.82, 2.24) is 0 Å². The summed E-state index contributed by atoms with van der Waals surface area (Å²) in [6, 6.07) is 10.6. The van der Waals surface area contributed by atoms with E-state index >= 15 is 0 Å². The molecule has 1 aromatic rings. The molecule has 1 heteroatoms. The van der Waals surface area contributed by atoms with Crippen molar-refractivity contribution in [3.8, 4) is 0 Å². The highest BCUT2D eigenvalue weighted by Gasteiger charge is 2.07. The van der Waals surface area contributed by atoms with Crippen LogP contribution in [0.1, 0.15) is 18.4 Å². The topological polar surface area (TPSA) is 9.23 Å². The van der Waals surface area contributed by atoms with Gasteiger partial charge in [-0.1, -0.05) is 30.3 Å². The third-order valence-corrected chi connectivity index (χ3v) is 2.28. The first-order chi connectivity index (χ1) is 6.45. The second kappa shape index (κ2) is 4.13. The van der Waals surface area contributed by atoms with Gasteiger partial charge in [0.25, 0.3) is 0 Å². The molecule has 0 atom stereocenters. The molecule has 2 rings (SSSR count). The molecule has 1 heterocycles. The van der Waals surface area contributed by atoms with Crippen molar-refractivity contribution in [3.05, 3.63) is 47.7 Å². The molecule has 1 fully saturated rings. The van der Waals surface area contributed by atoms with Crippen molar-refractivity contribution >= 4 is 0 Å². The van der Waals surface area contributed by atoms with Gasteiger partial charge < -0.3 is 4.74 Å². The third kappa shape index (κ3) is 2.35. The maximum Gasteiger partial charge on any atom is 0.0954 e. The first-order valence-corrected chi connectivity index (χ1v) is 4.81. The van der Waals surface area contributed by atoms with E-state index in [0.29, 0.717) is 0 Å². The lowest BCUT2D eigenvalue weighted by molar-refractivity contribution is 0.117. The predicted octanol–water partition coefficient (Wildman–Crippen LogP) is 2.92. The summed E-state index contributed by atoms with van der Waals surface area (Å²) in [4.78, 5) is 0. The van der Waals surface area contributed by atoms with Gasteiger partial charge in [0.15, 0.2) is 0 Å². The van der Waals surface area contributed by atoms with E-state index in [-0.39, 0.29) is 0 Å². The highest BCUT2D eigenvalue weighted by molar-refractivity contribution is 5.15. The van der Waals surface area contributed by atoms with Crippen LogP contribution in [0.4, 0.5) is 0 Å². The van der Waals surface area contributed by atoms with Crippen LogP contribution in [0, 0.1) is 0 Å². The van der Waals surface area contributed by atoms with Crippen molar-refractivity contribution in [3.63, 3.8) is 0 Å². The first-order valence-electron chi connectivity index (χ1n) is 4.81. The summed E-state index contributed by atoms with van der Waals surface area (Å²) < 4.78 is 5.23. The SMILES string of the molecule is C(/CCc1ccccc1)=C1\CCO1. The first kappa shape index (κ1) is 8.36. The molecule has 13 heavy (non-hydrogen) atoms. The molecular formula is C12H14O. The molecule has 0 aromatic heterocycles. The Hall–Kier alpha value is -1.24. The molecule has 0 bridgehead atoms. The average Bonchev–Trinajstić information content (AvgIpc) is 2.11. The molecule has 0 saturated carbocycles. The molecule has 0 aliphatic carbocycles. The summed E-state index contributed by atoms with van der Waals surface area (Å²) >= 11 is 0. The zero-order valence-corrected chi connectivity index (χ0v) is 7.70. The van der Waals surface area contributed by atoms with Gasteiger partial charge in [0.05, 0.1) is 12.4 Å². The van der Waals surface area contributed by atoms with Crippen LogP contribution in [0.3, 0.4) is 0 Å². The fourth-order valence-corrected chi connectivity index (χ4v) is 1.43. The molecular weight excluding hydrogens is 160 g/mol. The summed E-state index contributed by atoms with van der Waals surface area (Å²) in [6.07, 6.45) is 5.55. The van der Waals surface area contributed by atoms with Crippen LogP contribution < -0.4 is 0 Å². The predicted molar refractivity (Wildman–Crippen MR) is 53.4 cm³/mol. The lowest BCUT2D eigenvalue weighted by atomic mass is 10.1. The van der Waals surface area contributed by atoms with Crippen LogP contribution >= 0.6 is 0 Å². The Morgan fingerprint density at radius 1 is 1.23 bits per heavy atom. The minimum absolute atomic E-state index is 0.914. The fraction of sp³-hybridized carbons (Fsp3) is 0.333.